The van der Waals surface area contributed by atoms with Crippen LogP contribution in [0.15, 0.2) is 0 Å². The second kappa shape index (κ2) is 3.43. The van der Waals surface area contributed by atoms with Gasteiger partial charge in [0.1, 0.15) is 7.28 Å². The molecule has 2 fully saturated rings. The van der Waals surface area contributed by atoms with Gasteiger partial charge in [-0.1, -0.05) is 69.4 Å². The summed E-state index contributed by atoms with van der Waals surface area (Å²) in [6.45, 7) is 2.47. The van der Waals surface area contributed by atoms with Gasteiger partial charge < -0.3 is 0 Å². The molecular weight excluding hydrogens is 143 g/mol. The molecule has 0 saturated carbocycles. The molecule has 12 heavy (non-hydrogen) atoms. The maximum Gasteiger partial charge on any atom is 0.121 e. The monoisotopic (exact) mass is 163 g/mol. The van der Waals surface area contributed by atoms with Crippen LogP contribution in [-0.4, -0.2) is 7.28 Å². The Kier molecular flexibility index (Phi) is 2.48. The third kappa shape index (κ3) is 1.86. The second-order valence-corrected chi connectivity index (χ2v) is 5.07. The molecule has 2 heterocycles. The van der Waals surface area contributed by atoms with Gasteiger partial charge in [-0.25, -0.2) is 0 Å². The zero-order chi connectivity index (χ0) is 8.44. The Morgan fingerprint density at radius 1 is 1.00 bits per heavy atom. The fourth-order valence-corrected chi connectivity index (χ4v) is 2.98. The number of hydrogen-bond acceptors (Lipinski definition) is 0. The van der Waals surface area contributed by atoms with Crippen LogP contribution in [0.5, 0.6) is 0 Å². The molecular formula is C11H20B. The van der Waals surface area contributed by atoms with E-state index in [0.717, 1.165) is 5.82 Å². The van der Waals surface area contributed by atoms with Crippen molar-refractivity contribution in [2.75, 3.05) is 0 Å². The summed E-state index contributed by atoms with van der Waals surface area (Å²) < 4.78 is 0. The van der Waals surface area contributed by atoms with Crippen LogP contribution in [0.25, 0.3) is 0 Å². The van der Waals surface area contributed by atoms with Gasteiger partial charge in [-0.2, -0.15) is 0 Å². The molecule has 2 aliphatic rings. The Morgan fingerprint density at radius 2 is 1.83 bits per heavy atom. The minimum absolute atomic E-state index is 0.634. The van der Waals surface area contributed by atoms with Gasteiger partial charge in [0, 0.05) is 0 Å². The molecule has 0 spiro atoms. The molecule has 2 rings (SSSR count). The number of rotatable bonds is 0. The van der Waals surface area contributed by atoms with Gasteiger partial charge in [-0.05, 0) is 0 Å². The standard InChI is InChI=1S/C11H20B/c1-11-8-5-3-2-4-6-10(12-11)7-9-11/h10H,2-9H2,1H3. The van der Waals surface area contributed by atoms with Crippen molar-refractivity contribution in [1.29, 1.82) is 0 Å². The van der Waals surface area contributed by atoms with E-state index in [1.807, 2.05) is 0 Å². The largest absolute Gasteiger partial charge is 0.121 e. The molecule has 0 N–H and O–H groups in total. The molecule has 0 aromatic heterocycles. The van der Waals surface area contributed by atoms with Crippen LogP contribution in [0.4, 0.5) is 0 Å². The Balaban J connectivity index is 1.98. The molecule has 2 unspecified atom stereocenters. The first-order valence-electron chi connectivity index (χ1n) is 5.65. The number of hydrogen-bond donors (Lipinski definition) is 0. The van der Waals surface area contributed by atoms with Crippen molar-refractivity contribution in [3.05, 3.63) is 0 Å². The van der Waals surface area contributed by atoms with Crippen LogP contribution >= 0.6 is 0 Å². The molecule has 1 heteroatoms. The summed E-state index contributed by atoms with van der Waals surface area (Å²) >= 11 is 0. The van der Waals surface area contributed by atoms with Crippen molar-refractivity contribution < 1.29 is 0 Å². The minimum atomic E-state index is 0.634. The van der Waals surface area contributed by atoms with Crippen molar-refractivity contribution in [2.24, 2.45) is 0 Å². The summed E-state index contributed by atoms with van der Waals surface area (Å²) in [5.41, 5.74) is 0. The summed E-state index contributed by atoms with van der Waals surface area (Å²) in [5.74, 6) is 0.980. The van der Waals surface area contributed by atoms with E-state index in [4.69, 9.17) is 0 Å². The molecule has 2 bridgehead atoms. The van der Waals surface area contributed by atoms with Crippen molar-refractivity contribution in [3.8, 4) is 0 Å². The van der Waals surface area contributed by atoms with E-state index in [9.17, 15) is 0 Å². The van der Waals surface area contributed by atoms with Crippen molar-refractivity contribution in [1.82, 2.24) is 0 Å². The molecule has 1 radical (unpaired) electrons. The molecule has 67 valence electrons. The lowest BCUT2D eigenvalue weighted by atomic mass is 9.49. The predicted molar refractivity (Wildman–Crippen MR) is 54.8 cm³/mol. The summed E-state index contributed by atoms with van der Waals surface area (Å²) in [5, 5.41) is 0.634. The van der Waals surface area contributed by atoms with E-state index in [-0.39, 0.29) is 0 Å². The molecule has 2 saturated heterocycles. The topological polar surface area (TPSA) is 0 Å². The average Bonchev–Trinajstić information content (AvgIpc) is 2.44. The number of fused-ring (bicyclic) bond motifs is 2. The Labute approximate surface area is 77.4 Å². The van der Waals surface area contributed by atoms with Crippen LogP contribution in [0.3, 0.4) is 0 Å². The highest BCUT2D eigenvalue weighted by Gasteiger charge is 2.35. The first-order valence-corrected chi connectivity index (χ1v) is 5.65. The van der Waals surface area contributed by atoms with E-state index < -0.39 is 0 Å². The van der Waals surface area contributed by atoms with E-state index in [2.05, 4.69) is 14.2 Å². The van der Waals surface area contributed by atoms with Gasteiger partial charge in [0.05, 0.1) is 0 Å². The van der Waals surface area contributed by atoms with E-state index >= 15 is 0 Å². The van der Waals surface area contributed by atoms with Crippen LogP contribution < -0.4 is 0 Å². The van der Waals surface area contributed by atoms with Crippen LogP contribution in [0.1, 0.15) is 58.3 Å². The third-order valence-corrected chi connectivity index (χ3v) is 3.80. The maximum atomic E-state index is 2.68. The molecule has 0 aromatic rings. The van der Waals surface area contributed by atoms with Gasteiger partial charge in [0.25, 0.3) is 0 Å². The van der Waals surface area contributed by atoms with Crippen molar-refractivity contribution in [2.45, 2.75) is 69.4 Å². The van der Waals surface area contributed by atoms with Gasteiger partial charge in [-0.15, -0.1) is 0 Å². The molecule has 0 nitrogen and oxygen atoms in total. The van der Waals surface area contributed by atoms with E-state index in [1.165, 1.54) is 51.4 Å². The smallest absolute Gasteiger partial charge is 0.0682 e. The third-order valence-electron chi connectivity index (χ3n) is 3.80. The lowest BCUT2D eigenvalue weighted by Gasteiger charge is -2.22. The fraction of sp³-hybridized carbons (Fsp3) is 1.00. The fourth-order valence-electron chi connectivity index (χ4n) is 2.98. The highest BCUT2D eigenvalue weighted by molar-refractivity contribution is 6.43. The summed E-state index contributed by atoms with van der Waals surface area (Å²) in [6, 6.07) is 0. The summed E-state index contributed by atoms with van der Waals surface area (Å²) in [7, 11) is 2.68. The zero-order valence-corrected chi connectivity index (χ0v) is 8.31. The second-order valence-electron chi connectivity index (χ2n) is 5.07. The zero-order valence-electron chi connectivity index (χ0n) is 8.31. The molecule has 0 aromatic carbocycles. The van der Waals surface area contributed by atoms with E-state index in [1.54, 1.807) is 0 Å². The lowest BCUT2D eigenvalue weighted by Crippen LogP contribution is -2.11. The van der Waals surface area contributed by atoms with Gasteiger partial charge in [0.15, 0.2) is 0 Å². The minimum Gasteiger partial charge on any atom is -0.0682 e. The SMILES string of the molecule is CC12[B]C(CCCCCC1)CC2. The van der Waals surface area contributed by atoms with Crippen molar-refractivity contribution in [3.63, 3.8) is 0 Å². The normalized spacial score (nSPS) is 42.6. The quantitative estimate of drug-likeness (QED) is 0.476. The molecule has 0 amide bonds. The van der Waals surface area contributed by atoms with Crippen LogP contribution in [0, 0.1) is 0 Å². The summed E-state index contributed by atoms with van der Waals surface area (Å²) in [4.78, 5) is 0. The van der Waals surface area contributed by atoms with Crippen LogP contribution in [-0.2, 0) is 0 Å². The van der Waals surface area contributed by atoms with Crippen molar-refractivity contribution >= 4 is 7.28 Å². The van der Waals surface area contributed by atoms with Gasteiger partial charge >= 0.3 is 0 Å². The van der Waals surface area contributed by atoms with Crippen LogP contribution in [0.2, 0.25) is 11.1 Å². The lowest BCUT2D eigenvalue weighted by molar-refractivity contribution is 0.469. The molecule has 2 atom stereocenters. The maximum absolute atomic E-state index is 2.68. The first kappa shape index (κ1) is 8.65. The first-order chi connectivity index (χ1) is 5.79. The molecule has 2 aliphatic heterocycles. The van der Waals surface area contributed by atoms with Gasteiger partial charge in [-0.3, -0.25) is 0 Å². The highest BCUT2D eigenvalue weighted by Crippen LogP contribution is 2.49. The predicted octanol–water partition coefficient (Wildman–Crippen LogP) is 3.81. The highest BCUT2D eigenvalue weighted by atomic mass is 14.3. The van der Waals surface area contributed by atoms with Gasteiger partial charge in [0.2, 0.25) is 0 Å². The Bertz CT molecular complexity index is 155. The Morgan fingerprint density at radius 3 is 2.75 bits per heavy atom. The van der Waals surface area contributed by atoms with E-state index in [0.29, 0.717) is 5.31 Å². The summed E-state index contributed by atoms with van der Waals surface area (Å²) in [6.07, 6.45) is 11.8. The molecule has 0 aliphatic carbocycles. The average molecular weight is 163 g/mol. The Hall–Kier alpha value is 0.0649.